The molecular weight excluding hydrogens is 332 g/mol. The number of aromatic nitrogens is 3. The van der Waals surface area contributed by atoms with Crippen LogP contribution >= 0.6 is 0 Å². The van der Waals surface area contributed by atoms with Crippen molar-refractivity contribution in [3.05, 3.63) is 35.8 Å². The third-order valence-corrected chi connectivity index (χ3v) is 7.62. The molecule has 1 fully saturated rings. The highest BCUT2D eigenvalue weighted by Crippen LogP contribution is 2.33. The number of rotatable bonds is 4. The van der Waals surface area contributed by atoms with Crippen molar-refractivity contribution in [2.75, 3.05) is 23.7 Å². The molecule has 25 heavy (non-hydrogen) atoms. The van der Waals surface area contributed by atoms with Gasteiger partial charge in [0.25, 0.3) is 0 Å². The molecule has 1 aliphatic rings. The van der Waals surface area contributed by atoms with Gasteiger partial charge in [-0.05, 0) is 38.8 Å². The number of hydrogen-bond donors (Lipinski definition) is 0. The van der Waals surface area contributed by atoms with Crippen molar-refractivity contribution in [3.8, 4) is 11.4 Å². The zero-order valence-corrected chi connectivity index (χ0v) is 16.3. The van der Waals surface area contributed by atoms with Crippen molar-refractivity contribution in [1.82, 2.24) is 15.0 Å². The summed E-state index contributed by atoms with van der Waals surface area (Å²) in [5, 5.41) is 0. The van der Waals surface area contributed by atoms with Crippen LogP contribution < -0.4 is 4.90 Å². The Kier molecular flexibility index (Phi) is 5.18. The summed E-state index contributed by atoms with van der Waals surface area (Å²) in [6.07, 6.45) is 5.37. The molecule has 3 rings (SSSR count). The van der Waals surface area contributed by atoms with Gasteiger partial charge in [-0.3, -0.25) is 9.19 Å². The first-order valence-corrected chi connectivity index (χ1v) is 10.2. The molecule has 3 heterocycles. The Bertz CT molecular complexity index is 774. The molecule has 0 N–H and O–H groups in total. The minimum atomic E-state index is -0.778. The minimum Gasteiger partial charge on any atom is -0.354 e. The van der Waals surface area contributed by atoms with Gasteiger partial charge in [0.15, 0.2) is 5.82 Å². The standard InChI is InChI=1S/C19H26N4OS/c1-5-19(6-2)13-23(11-12-25(19)24)18-14(3)15(4)21-17(22-18)16-7-9-20-10-8-16/h7-10H,5-6,11-13H2,1-4H3. The van der Waals surface area contributed by atoms with Crippen LogP contribution in [0.15, 0.2) is 24.5 Å². The van der Waals surface area contributed by atoms with E-state index in [0.29, 0.717) is 5.75 Å². The molecule has 0 bridgehead atoms. The minimum absolute atomic E-state index is 0.139. The lowest BCUT2D eigenvalue weighted by molar-refractivity contribution is 0.494. The molecule has 0 radical (unpaired) electrons. The number of pyridine rings is 1. The van der Waals surface area contributed by atoms with Crippen LogP contribution in [0.1, 0.15) is 37.9 Å². The van der Waals surface area contributed by atoms with Crippen LogP contribution in [-0.4, -0.2) is 42.8 Å². The van der Waals surface area contributed by atoms with Gasteiger partial charge in [0.2, 0.25) is 0 Å². The average Bonchev–Trinajstić information content (AvgIpc) is 2.65. The Balaban J connectivity index is 2.02. The monoisotopic (exact) mass is 358 g/mol. The van der Waals surface area contributed by atoms with Crippen LogP contribution in [0.3, 0.4) is 0 Å². The second-order valence-corrected chi connectivity index (χ2v) is 8.64. The van der Waals surface area contributed by atoms with Crippen molar-refractivity contribution in [1.29, 1.82) is 0 Å². The SMILES string of the molecule is CCC1(CC)CN(c2nc(-c3ccncc3)nc(C)c2C)CCS1=O. The molecule has 134 valence electrons. The number of anilines is 1. The van der Waals surface area contributed by atoms with E-state index in [9.17, 15) is 4.21 Å². The fourth-order valence-corrected chi connectivity index (χ4v) is 5.20. The summed E-state index contributed by atoms with van der Waals surface area (Å²) in [6, 6.07) is 3.86. The molecule has 0 amide bonds. The van der Waals surface area contributed by atoms with Gasteiger partial charge in [0, 0.05) is 58.9 Å². The van der Waals surface area contributed by atoms with E-state index in [4.69, 9.17) is 4.98 Å². The Morgan fingerprint density at radius 1 is 1.16 bits per heavy atom. The van der Waals surface area contributed by atoms with Crippen LogP contribution in [0, 0.1) is 13.8 Å². The summed E-state index contributed by atoms with van der Waals surface area (Å²) in [4.78, 5) is 15.9. The zero-order valence-electron chi connectivity index (χ0n) is 15.5. The zero-order chi connectivity index (χ0) is 18.0. The van der Waals surface area contributed by atoms with Gasteiger partial charge in [0.1, 0.15) is 5.82 Å². The Hall–Kier alpha value is -1.82. The second-order valence-electron chi connectivity index (χ2n) is 6.68. The fraction of sp³-hybridized carbons (Fsp3) is 0.526. The van der Waals surface area contributed by atoms with Crippen LogP contribution in [0.5, 0.6) is 0 Å². The lowest BCUT2D eigenvalue weighted by Crippen LogP contribution is -2.53. The first-order chi connectivity index (χ1) is 12.0. The van der Waals surface area contributed by atoms with Crippen LogP contribution in [-0.2, 0) is 10.8 Å². The fourth-order valence-electron chi connectivity index (χ4n) is 3.44. The molecule has 5 nitrogen and oxygen atoms in total. The predicted octanol–water partition coefficient (Wildman–Crippen LogP) is 3.28. The van der Waals surface area contributed by atoms with Crippen molar-refractivity contribution >= 4 is 16.6 Å². The molecule has 1 saturated heterocycles. The predicted molar refractivity (Wildman–Crippen MR) is 103 cm³/mol. The number of nitrogens with zero attached hydrogens (tertiary/aromatic N) is 4. The molecule has 0 aliphatic carbocycles. The highest BCUT2D eigenvalue weighted by atomic mass is 32.2. The molecular formula is C19H26N4OS. The highest BCUT2D eigenvalue weighted by Gasteiger charge is 2.39. The van der Waals surface area contributed by atoms with Gasteiger partial charge in [-0.2, -0.15) is 0 Å². The average molecular weight is 359 g/mol. The Morgan fingerprint density at radius 3 is 2.48 bits per heavy atom. The van der Waals surface area contributed by atoms with E-state index >= 15 is 0 Å². The normalized spacial score (nSPS) is 19.8. The van der Waals surface area contributed by atoms with Crippen molar-refractivity contribution in [2.45, 2.75) is 45.3 Å². The quantitative estimate of drug-likeness (QED) is 0.839. The van der Waals surface area contributed by atoms with Gasteiger partial charge < -0.3 is 4.90 Å². The molecule has 0 spiro atoms. The van der Waals surface area contributed by atoms with Crippen molar-refractivity contribution in [2.24, 2.45) is 0 Å². The molecule has 1 unspecified atom stereocenters. The maximum atomic E-state index is 12.6. The van der Waals surface area contributed by atoms with E-state index in [-0.39, 0.29) is 4.75 Å². The molecule has 1 aliphatic heterocycles. The van der Waals surface area contributed by atoms with E-state index in [2.05, 4.69) is 35.6 Å². The Labute approximate surface area is 152 Å². The van der Waals surface area contributed by atoms with Crippen molar-refractivity contribution in [3.63, 3.8) is 0 Å². The van der Waals surface area contributed by atoms with E-state index in [1.807, 2.05) is 19.1 Å². The van der Waals surface area contributed by atoms with Gasteiger partial charge in [0.05, 0.1) is 4.75 Å². The van der Waals surface area contributed by atoms with E-state index in [0.717, 1.165) is 54.4 Å². The van der Waals surface area contributed by atoms with Crippen molar-refractivity contribution < 1.29 is 4.21 Å². The summed E-state index contributed by atoms with van der Waals surface area (Å²) in [5.74, 6) is 2.41. The topological polar surface area (TPSA) is 59.0 Å². The smallest absolute Gasteiger partial charge is 0.161 e. The first-order valence-electron chi connectivity index (χ1n) is 8.90. The Morgan fingerprint density at radius 2 is 1.84 bits per heavy atom. The summed E-state index contributed by atoms with van der Waals surface area (Å²) in [7, 11) is -0.778. The lowest BCUT2D eigenvalue weighted by Gasteiger charge is -2.42. The molecule has 2 aromatic heterocycles. The third kappa shape index (κ3) is 3.32. The summed E-state index contributed by atoms with van der Waals surface area (Å²) in [6.45, 7) is 9.96. The maximum Gasteiger partial charge on any atom is 0.161 e. The summed E-state index contributed by atoms with van der Waals surface area (Å²) in [5.41, 5.74) is 3.06. The molecule has 2 aromatic rings. The number of hydrogen-bond acceptors (Lipinski definition) is 5. The van der Waals surface area contributed by atoms with Crippen LogP contribution in [0.4, 0.5) is 5.82 Å². The van der Waals surface area contributed by atoms with Crippen LogP contribution in [0.25, 0.3) is 11.4 Å². The number of aryl methyl sites for hydroxylation is 1. The van der Waals surface area contributed by atoms with E-state index in [1.54, 1.807) is 12.4 Å². The van der Waals surface area contributed by atoms with Gasteiger partial charge >= 0.3 is 0 Å². The maximum absolute atomic E-state index is 12.6. The summed E-state index contributed by atoms with van der Waals surface area (Å²) < 4.78 is 12.5. The second kappa shape index (κ2) is 7.20. The summed E-state index contributed by atoms with van der Waals surface area (Å²) >= 11 is 0. The van der Waals surface area contributed by atoms with Gasteiger partial charge in [-0.1, -0.05) is 13.8 Å². The molecule has 1 atom stereocenters. The molecule has 0 saturated carbocycles. The van der Waals surface area contributed by atoms with Gasteiger partial charge in [-0.15, -0.1) is 0 Å². The molecule has 6 heteroatoms. The lowest BCUT2D eigenvalue weighted by atomic mass is 10.0. The van der Waals surface area contributed by atoms with Gasteiger partial charge in [-0.25, -0.2) is 9.97 Å². The van der Waals surface area contributed by atoms with E-state index in [1.165, 1.54) is 0 Å². The van der Waals surface area contributed by atoms with Crippen LogP contribution in [0.2, 0.25) is 0 Å². The van der Waals surface area contributed by atoms with E-state index < -0.39 is 10.8 Å². The molecule has 0 aromatic carbocycles. The first kappa shape index (κ1) is 18.0. The largest absolute Gasteiger partial charge is 0.354 e. The highest BCUT2D eigenvalue weighted by molar-refractivity contribution is 7.86. The third-order valence-electron chi connectivity index (χ3n) is 5.40.